The monoisotopic (exact) mass is 1580 g/mol. The third-order valence-electron chi connectivity index (χ3n) is 32.4. The second-order valence-corrected chi connectivity index (χ2v) is 42.6. The number of aliphatic hydroxyl groups excluding tert-OH is 2. The Labute approximate surface area is 674 Å². The lowest BCUT2D eigenvalue weighted by Crippen LogP contribution is -2.65. The van der Waals surface area contributed by atoms with Crippen LogP contribution in [0, 0.1) is 125 Å². The summed E-state index contributed by atoms with van der Waals surface area (Å²) in [5.74, 6) is -0.608. The summed E-state index contributed by atoms with van der Waals surface area (Å²) in [5, 5.41) is 51.6. The lowest BCUT2D eigenvalue weighted by atomic mass is 9.33. The average Bonchev–Trinajstić information content (AvgIpc) is 1.13. The van der Waals surface area contributed by atoms with Crippen molar-refractivity contribution in [2.45, 2.75) is 291 Å². The summed E-state index contributed by atoms with van der Waals surface area (Å²) < 4.78 is 30.2. The minimum Gasteiger partial charge on any atom is -0.481 e. The maximum atomic E-state index is 14.6. The van der Waals surface area contributed by atoms with Crippen molar-refractivity contribution in [1.82, 2.24) is 20.4 Å². The molecule has 0 radical (unpaired) electrons. The van der Waals surface area contributed by atoms with Gasteiger partial charge in [0, 0.05) is 32.0 Å². The van der Waals surface area contributed by atoms with E-state index in [1.165, 1.54) is 11.1 Å². The molecule has 0 aliphatic heterocycles. The Bertz CT molecular complexity index is 4390. The Morgan fingerprint density at radius 3 is 1.19 bits per heavy atom. The summed E-state index contributed by atoms with van der Waals surface area (Å²) in [5.41, 5.74) is 2.58. The summed E-state index contributed by atoms with van der Waals surface area (Å²) in [6.07, 6.45) is 12.4. The highest BCUT2D eigenvalue weighted by molar-refractivity contribution is 6.31. The van der Waals surface area contributed by atoms with Gasteiger partial charge in [-0.1, -0.05) is 131 Å². The highest BCUT2D eigenvalue weighted by Gasteiger charge is 2.72. The summed E-state index contributed by atoms with van der Waals surface area (Å²) in [6, 6.07) is 14.2. The molecule has 14 rings (SSSR count). The number of ether oxygens (including phenoxy) is 3. The van der Waals surface area contributed by atoms with Crippen molar-refractivity contribution in [3.63, 3.8) is 0 Å². The average molecular weight is 1580 g/mol. The van der Waals surface area contributed by atoms with E-state index < -0.39 is 58.4 Å². The van der Waals surface area contributed by atoms with E-state index in [-0.39, 0.29) is 145 Å². The maximum Gasteiger partial charge on any atom is 0.312 e. The van der Waals surface area contributed by atoms with Crippen LogP contribution in [-0.4, -0.2) is 89.0 Å². The van der Waals surface area contributed by atoms with Gasteiger partial charge in [0.15, 0.2) is 11.6 Å². The Hall–Kier alpha value is -6.08. The maximum absolute atomic E-state index is 14.6. The number of aliphatic carboxylic acids is 1. The van der Waals surface area contributed by atoms with E-state index in [0.29, 0.717) is 44.8 Å². The molecule has 612 valence electrons. The zero-order valence-electron chi connectivity index (χ0n) is 70.5. The van der Waals surface area contributed by atoms with E-state index in [2.05, 4.69) is 117 Å². The molecular weight excluding hydrogens is 1460 g/mol. The van der Waals surface area contributed by atoms with Crippen molar-refractivity contribution in [2.75, 3.05) is 0 Å². The topological polar surface area (TPSA) is 269 Å². The fourth-order valence-electron chi connectivity index (χ4n) is 26.5. The highest BCUT2D eigenvalue weighted by atomic mass is 35.5. The number of hydrogen-bond acceptors (Lipinski definition) is 17. The molecule has 10 aliphatic rings. The van der Waals surface area contributed by atoms with Crippen LogP contribution in [0.15, 0.2) is 79.7 Å². The highest BCUT2D eigenvalue weighted by Crippen LogP contribution is 2.79. The van der Waals surface area contributed by atoms with Crippen LogP contribution in [0.1, 0.15) is 285 Å². The molecule has 8 saturated carbocycles. The Balaban J connectivity index is 0.000000197. The van der Waals surface area contributed by atoms with Crippen LogP contribution in [0.5, 0.6) is 0 Å². The Morgan fingerprint density at radius 2 is 0.839 bits per heavy atom. The van der Waals surface area contributed by atoms with Gasteiger partial charge in [0.05, 0.1) is 35.5 Å². The minimum atomic E-state index is -1.20. The number of aromatic nitrogens is 4. The number of benzene rings is 2. The molecule has 10 aliphatic carbocycles. The van der Waals surface area contributed by atoms with Crippen LogP contribution < -0.4 is 0 Å². The molecule has 0 spiro atoms. The zero-order valence-corrected chi connectivity index (χ0v) is 72.0. The number of nitrogens with zero attached hydrogens (tertiary/aromatic N) is 4. The first-order valence-corrected chi connectivity index (χ1v) is 42.8. The number of fused-ring (bicyclic) bond motifs is 14. The van der Waals surface area contributed by atoms with Gasteiger partial charge < -0.3 is 38.4 Å². The van der Waals surface area contributed by atoms with Crippen molar-refractivity contribution in [3.8, 4) is 22.9 Å². The molecule has 8 fully saturated rings. The molecule has 0 saturated heterocycles. The fraction of sp³-hybridized carbons (Fsp3) is 0.717. The first-order valence-electron chi connectivity index (χ1n) is 42.0. The second-order valence-electron chi connectivity index (χ2n) is 41.7. The number of carboxylic acid groups (broad SMARTS) is 1. The van der Waals surface area contributed by atoms with Gasteiger partial charge in [-0.25, -0.2) is 0 Å². The standard InChI is InChI=1S/C48H67ClN2O7.C44H59ClN2O7/c1-26(2)35-36-29(37(38(35)53)39(54)41-51-50-40(57-41)27-13-15-28(49)16-14-27)19-23-47(11)30(36)17-18-32-46(10)22-21-33(45(8,9)31(46)20-24-48(32,47)12)56-34(52)25-44(6,7)42(55)58-43(3,4)5;1-23(2)32-33-26(34(35(32)49)36(50)38-47-46-37(54-38)24-10-12-25(45)13-11-24)16-20-43(8)27(33)14-15-29-42(7)19-18-30(53-31(48)22-40(3,4)39(51)52)41(5,6)28(42)17-21-44(29,43)9/h13-16,26,29-33,37,39,54H,17-25H2,1-12H3;10-13,23,26-30,34,36,50H,14-22H2,1-9H3,(H,51,52)/t29?,30-,31+,32-,33+,37+,39-,46+,47-,48-;26?,27-,28+,29-,30+,34+,36-,42+,43-,44-/m11/s1. The number of ketones is 2. The van der Waals surface area contributed by atoms with Crippen molar-refractivity contribution in [1.29, 1.82) is 0 Å². The molecule has 0 amide bonds. The molecule has 18 nitrogen and oxygen atoms in total. The van der Waals surface area contributed by atoms with Gasteiger partial charge in [-0.15, -0.1) is 20.4 Å². The lowest BCUT2D eigenvalue weighted by Gasteiger charge is -2.71. The van der Waals surface area contributed by atoms with Crippen LogP contribution in [0.3, 0.4) is 0 Å². The smallest absolute Gasteiger partial charge is 0.312 e. The molecule has 4 aromatic rings. The second kappa shape index (κ2) is 29.2. The predicted octanol–water partition coefficient (Wildman–Crippen LogP) is 20.6. The van der Waals surface area contributed by atoms with Crippen molar-refractivity contribution in [3.05, 3.63) is 92.7 Å². The minimum absolute atomic E-state index is 0.0220. The molecule has 0 bridgehead atoms. The number of carbonyl (C=O) groups excluding carboxylic acids is 5. The quantitative estimate of drug-likeness (QED) is 0.0695. The molecule has 2 aromatic carbocycles. The summed E-state index contributed by atoms with van der Waals surface area (Å²) in [6.45, 7) is 44.9. The van der Waals surface area contributed by atoms with E-state index in [1.807, 2.05) is 20.8 Å². The van der Waals surface area contributed by atoms with Crippen LogP contribution >= 0.6 is 23.2 Å². The van der Waals surface area contributed by atoms with Crippen LogP contribution in [0.4, 0.5) is 0 Å². The largest absolute Gasteiger partial charge is 0.481 e. The number of rotatable bonds is 16. The summed E-state index contributed by atoms with van der Waals surface area (Å²) >= 11 is 12.2. The van der Waals surface area contributed by atoms with Gasteiger partial charge >= 0.3 is 23.9 Å². The van der Waals surface area contributed by atoms with Crippen LogP contribution in [-0.2, 0) is 43.0 Å². The predicted molar refractivity (Wildman–Crippen MR) is 428 cm³/mol. The van der Waals surface area contributed by atoms with Gasteiger partial charge in [-0.05, 0) is 303 Å². The number of esters is 3. The third kappa shape index (κ3) is 13.8. The van der Waals surface area contributed by atoms with E-state index in [0.717, 1.165) is 114 Å². The van der Waals surface area contributed by atoms with Gasteiger partial charge in [0.1, 0.15) is 30.0 Å². The molecule has 3 N–H and O–H groups in total. The number of carbonyl (C=O) groups is 6. The summed E-state index contributed by atoms with van der Waals surface area (Å²) in [7, 11) is 0. The summed E-state index contributed by atoms with van der Waals surface area (Å²) in [4.78, 5) is 80.4. The molecule has 2 aromatic heterocycles. The molecule has 112 heavy (non-hydrogen) atoms. The normalized spacial score (nSPS) is 35.8. The number of allylic oxidation sites excluding steroid dienone is 4. The number of carboxylic acids is 1. The van der Waals surface area contributed by atoms with Crippen LogP contribution in [0.25, 0.3) is 22.9 Å². The lowest BCUT2D eigenvalue weighted by molar-refractivity contribution is -0.232. The fourth-order valence-corrected chi connectivity index (χ4v) is 26.8. The third-order valence-corrected chi connectivity index (χ3v) is 32.9. The SMILES string of the molecule is CC(C)C1=C2C(CC[C@]3(C)[C@@H]2CC[C@@H]2[C@@]4(C)CC[C@H](OC(=O)CC(C)(C)C(=O)O)C(C)(C)[C@@H]4CC[C@]23C)[C@H]([C@@H](O)c2nnc(-c3ccc(Cl)cc3)o2)C1=O.CC(C)C1=C2C(CC[C@]3(C)[C@@H]2CC[C@@H]2[C@@]4(C)CC[C@H](OC(=O)CC(C)(C)C(=O)OC(C)(C)C)C(C)(C)[C@@H]4CC[C@]23C)[C@H]([C@@H](O)c2nnc(-c3ccc(Cl)cc3)o2)C1=O. The number of Topliss-reactive ketones (excluding diaryl/α,β-unsaturated/α-hetero) is 2. The molecular formula is C92H126Cl2N4O14. The van der Waals surface area contributed by atoms with Gasteiger partial charge in [-0.3, -0.25) is 28.8 Å². The number of hydrogen-bond donors (Lipinski definition) is 3. The first kappa shape index (κ1) is 83.9. The number of aliphatic hydroxyl groups is 2. The van der Waals surface area contributed by atoms with Gasteiger partial charge in [0.25, 0.3) is 0 Å². The van der Waals surface area contributed by atoms with Crippen molar-refractivity contribution < 1.29 is 67.1 Å². The van der Waals surface area contributed by atoms with Gasteiger partial charge in [-0.2, -0.15) is 0 Å². The van der Waals surface area contributed by atoms with Crippen LogP contribution in [0.2, 0.25) is 10.0 Å². The van der Waals surface area contributed by atoms with E-state index in [1.54, 1.807) is 76.2 Å². The van der Waals surface area contributed by atoms with Crippen molar-refractivity contribution >= 4 is 58.6 Å². The molecule has 2 unspecified atom stereocenters. The first-order chi connectivity index (χ1) is 52.0. The molecule has 20 heteroatoms. The zero-order chi connectivity index (χ0) is 81.9. The van der Waals surface area contributed by atoms with Gasteiger partial charge in [0.2, 0.25) is 23.6 Å². The molecule has 20 atom stereocenters. The van der Waals surface area contributed by atoms with E-state index in [4.69, 9.17) is 46.2 Å². The van der Waals surface area contributed by atoms with E-state index in [9.17, 15) is 44.1 Å². The Kier molecular flexibility index (Phi) is 21.9. The molecule has 2 heterocycles. The van der Waals surface area contributed by atoms with Crippen molar-refractivity contribution in [2.24, 2.45) is 125 Å². The number of halogens is 2. The Morgan fingerprint density at radius 1 is 0.482 bits per heavy atom. The van der Waals surface area contributed by atoms with E-state index >= 15 is 0 Å².